The van der Waals surface area contributed by atoms with Gasteiger partial charge in [-0.05, 0) is 47.4 Å². The molecule has 4 aromatic rings. The van der Waals surface area contributed by atoms with Crippen LogP contribution in [-0.2, 0) is 24.8 Å². The largest absolute Gasteiger partial charge is 0.493 e. The maximum absolute atomic E-state index is 13.2. The molecule has 5 heteroatoms. The molecule has 0 radical (unpaired) electrons. The van der Waals surface area contributed by atoms with Crippen molar-refractivity contribution in [3.05, 3.63) is 89.5 Å². The molecule has 0 aliphatic carbocycles. The number of hydrogen-bond acceptors (Lipinski definition) is 3. The standard InChI is InChI=1S/C29H28N2O3/c1-30-25-12-8-7-11-23(25)24(29(30)20-9-5-4-6-10-20)13-14-28(32)31-16-15-21-17-26(33-2)27(34-3)18-22(21)19-31/h4-14,17-18H,15-16,19H2,1-3H3/b14-13+. The molecule has 3 aromatic carbocycles. The number of rotatable bonds is 5. The Morgan fingerprint density at radius 3 is 2.32 bits per heavy atom. The van der Waals surface area contributed by atoms with Crippen molar-refractivity contribution >= 4 is 22.9 Å². The van der Waals surface area contributed by atoms with Crippen molar-refractivity contribution in [3.63, 3.8) is 0 Å². The lowest BCUT2D eigenvalue weighted by atomic mass is 9.98. The second-order valence-corrected chi connectivity index (χ2v) is 8.52. The van der Waals surface area contributed by atoms with Crippen LogP contribution in [-0.4, -0.2) is 36.1 Å². The van der Waals surface area contributed by atoms with Gasteiger partial charge in [0.05, 0.1) is 19.9 Å². The minimum atomic E-state index is 0.00683. The summed E-state index contributed by atoms with van der Waals surface area (Å²) in [6, 6.07) is 22.6. The van der Waals surface area contributed by atoms with E-state index in [0.717, 1.165) is 45.5 Å². The molecule has 0 N–H and O–H groups in total. The molecule has 5 rings (SSSR count). The Labute approximate surface area is 199 Å². The molecule has 5 nitrogen and oxygen atoms in total. The maximum atomic E-state index is 13.2. The Balaban J connectivity index is 1.46. The zero-order valence-corrected chi connectivity index (χ0v) is 19.7. The number of fused-ring (bicyclic) bond motifs is 2. The number of ether oxygens (including phenoxy) is 2. The lowest BCUT2D eigenvalue weighted by Crippen LogP contribution is -2.34. The molecule has 2 heterocycles. The second kappa shape index (κ2) is 9.10. The van der Waals surface area contributed by atoms with E-state index in [2.05, 4.69) is 35.9 Å². The lowest BCUT2D eigenvalue weighted by molar-refractivity contribution is -0.126. The first kappa shape index (κ1) is 21.8. The minimum absolute atomic E-state index is 0.00683. The van der Waals surface area contributed by atoms with Crippen molar-refractivity contribution in [2.75, 3.05) is 20.8 Å². The highest BCUT2D eigenvalue weighted by molar-refractivity contribution is 6.01. The van der Waals surface area contributed by atoms with Gasteiger partial charge in [-0.2, -0.15) is 0 Å². The van der Waals surface area contributed by atoms with Crippen molar-refractivity contribution in [1.29, 1.82) is 0 Å². The van der Waals surface area contributed by atoms with Crippen LogP contribution in [0.1, 0.15) is 16.7 Å². The third-order valence-electron chi connectivity index (χ3n) is 6.62. The third kappa shape index (κ3) is 3.83. The van der Waals surface area contributed by atoms with Crippen LogP contribution >= 0.6 is 0 Å². The Kier molecular flexibility index (Phi) is 5.84. The smallest absolute Gasteiger partial charge is 0.246 e. The lowest BCUT2D eigenvalue weighted by Gasteiger charge is -2.28. The fraction of sp³-hybridized carbons (Fsp3) is 0.207. The van der Waals surface area contributed by atoms with Crippen molar-refractivity contribution in [1.82, 2.24) is 9.47 Å². The van der Waals surface area contributed by atoms with Gasteiger partial charge >= 0.3 is 0 Å². The normalized spacial score (nSPS) is 13.3. The number of amides is 1. The van der Waals surface area contributed by atoms with Gasteiger partial charge in [0.2, 0.25) is 5.91 Å². The first-order valence-electron chi connectivity index (χ1n) is 11.4. The van der Waals surface area contributed by atoms with Gasteiger partial charge in [-0.15, -0.1) is 0 Å². The van der Waals surface area contributed by atoms with Crippen LogP contribution in [0.4, 0.5) is 0 Å². The number of methoxy groups -OCH3 is 2. The molecule has 1 aromatic heterocycles. The van der Waals surface area contributed by atoms with Gasteiger partial charge < -0.3 is 18.9 Å². The summed E-state index contributed by atoms with van der Waals surface area (Å²) in [4.78, 5) is 15.1. The molecule has 1 amide bonds. The summed E-state index contributed by atoms with van der Waals surface area (Å²) in [5, 5.41) is 1.13. The summed E-state index contributed by atoms with van der Waals surface area (Å²) >= 11 is 0. The molecule has 0 saturated heterocycles. The fourth-order valence-corrected chi connectivity index (χ4v) is 4.87. The van der Waals surface area contributed by atoms with Crippen molar-refractivity contribution in [3.8, 4) is 22.8 Å². The highest BCUT2D eigenvalue weighted by Crippen LogP contribution is 2.35. The predicted octanol–water partition coefficient (Wildman–Crippen LogP) is 5.46. The number of carbonyl (C=O) groups is 1. The Hall–Kier alpha value is -3.99. The topological polar surface area (TPSA) is 43.7 Å². The van der Waals surface area contributed by atoms with Crippen LogP contribution in [0.25, 0.3) is 28.2 Å². The van der Waals surface area contributed by atoms with Crippen molar-refractivity contribution < 1.29 is 14.3 Å². The van der Waals surface area contributed by atoms with E-state index < -0.39 is 0 Å². The molecule has 0 atom stereocenters. The van der Waals surface area contributed by atoms with Crippen LogP contribution in [0.3, 0.4) is 0 Å². The Morgan fingerprint density at radius 2 is 1.59 bits per heavy atom. The zero-order valence-electron chi connectivity index (χ0n) is 19.7. The van der Waals surface area contributed by atoms with E-state index >= 15 is 0 Å². The number of aryl methyl sites for hydroxylation is 1. The molecule has 0 bridgehead atoms. The van der Waals surface area contributed by atoms with E-state index in [4.69, 9.17) is 9.47 Å². The summed E-state index contributed by atoms with van der Waals surface area (Å²) in [5.41, 5.74) is 6.72. The van der Waals surface area contributed by atoms with Gasteiger partial charge in [-0.1, -0.05) is 48.5 Å². The van der Waals surface area contributed by atoms with Crippen LogP contribution < -0.4 is 9.47 Å². The van der Waals surface area contributed by atoms with Crippen LogP contribution in [0.15, 0.2) is 72.8 Å². The van der Waals surface area contributed by atoms with Crippen LogP contribution in [0.5, 0.6) is 11.5 Å². The number of aromatic nitrogens is 1. The van der Waals surface area contributed by atoms with E-state index in [1.807, 2.05) is 53.4 Å². The predicted molar refractivity (Wildman–Crippen MR) is 136 cm³/mol. The highest BCUT2D eigenvalue weighted by Gasteiger charge is 2.22. The SMILES string of the molecule is COc1cc2c(cc1OC)CN(C(=O)/C=C/c1c(-c3ccccc3)n(C)c3ccccc13)CC2. The first-order valence-corrected chi connectivity index (χ1v) is 11.4. The Morgan fingerprint density at radius 1 is 0.912 bits per heavy atom. The molecular formula is C29H28N2O3. The summed E-state index contributed by atoms with van der Waals surface area (Å²) in [6.45, 7) is 1.23. The zero-order chi connectivity index (χ0) is 23.7. The summed E-state index contributed by atoms with van der Waals surface area (Å²) < 4.78 is 13.1. The van der Waals surface area contributed by atoms with Crippen LogP contribution in [0, 0.1) is 0 Å². The third-order valence-corrected chi connectivity index (χ3v) is 6.62. The van der Waals surface area contributed by atoms with Gasteiger partial charge in [0, 0.05) is 42.7 Å². The van der Waals surface area contributed by atoms with Crippen LogP contribution in [0.2, 0.25) is 0 Å². The van der Waals surface area contributed by atoms with Gasteiger partial charge in [-0.3, -0.25) is 4.79 Å². The van der Waals surface area contributed by atoms with E-state index in [9.17, 15) is 4.79 Å². The van der Waals surface area contributed by atoms with E-state index in [1.54, 1.807) is 20.3 Å². The average Bonchev–Trinajstić information content (AvgIpc) is 3.18. The minimum Gasteiger partial charge on any atom is -0.493 e. The number of hydrogen-bond donors (Lipinski definition) is 0. The molecule has 0 saturated carbocycles. The Bertz CT molecular complexity index is 1390. The molecule has 0 unspecified atom stereocenters. The molecule has 1 aliphatic heterocycles. The van der Waals surface area contributed by atoms with Crippen molar-refractivity contribution in [2.24, 2.45) is 7.05 Å². The quantitative estimate of drug-likeness (QED) is 0.378. The number of benzene rings is 3. The summed E-state index contributed by atoms with van der Waals surface area (Å²) in [6.07, 6.45) is 4.47. The second-order valence-electron chi connectivity index (χ2n) is 8.52. The maximum Gasteiger partial charge on any atom is 0.246 e. The molecule has 34 heavy (non-hydrogen) atoms. The van der Waals surface area contributed by atoms with E-state index in [0.29, 0.717) is 18.8 Å². The summed E-state index contributed by atoms with van der Waals surface area (Å²) in [5.74, 6) is 1.42. The van der Waals surface area contributed by atoms with Crippen molar-refractivity contribution in [2.45, 2.75) is 13.0 Å². The number of carbonyl (C=O) groups excluding carboxylic acids is 1. The van der Waals surface area contributed by atoms with Gasteiger partial charge in [0.25, 0.3) is 0 Å². The van der Waals surface area contributed by atoms with Gasteiger partial charge in [-0.25, -0.2) is 0 Å². The highest BCUT2D eigenvalue weighted by atomic mass is 16.5. The molecule has 0 spiro atoms. The van der Waals surface area contributed by atoms with Gasteiger partial charge in [0.15, 0.2) is 11.5 Å². The fourth-order valence-electron chi connectivity index (χ4n) is 4.87. The monoisotopic (exact) mass is 452 g/mol. The number of para-hydroxylation sites is 1. The number of nitrogens with zero attached hydrogens (tertiary/aromatic N) is 2. The molecule has 1 aliphatic rings. The molecular weight excluding hydrogens is 424 g/mol. The van der Waals surface area contributed by atoms with Gasteiger partial charge in [0.1, 0.15) is 0 Å². The molecule has 0 fully saturated rings. The van der Waals surface area contributed by atoms with E-state index in [-0.39, 0.29) is 5.91 Å². The average molecular weight is 453 g/mol. The first-order chi connectivity index (χ1) is 16.6. The van der Waals surface area contributed by atoms with E-state index in [1.165, 1.54) is 5.56 Å². The summed E-state index contributed by atoms with van der Waals surface area (Å²) in [7, 11) is 5.35. The molecule has 172 valence electrons.